The maximum atomic E-state index is 12.9. The summed E-state index contributed by atoms with van der Waals surface area (Å²) in [6.45, 7) is 7.60. The van der Waals surface area contributed by atoms with Crippen molar-refractivity contribution in [3.05, 3.63) is 109 Å². The summed E-state index contributed by atoms with van der Waals surface area (Å²) in [5.41, 5.74) is 0. The SMILES string of the molecule is CC/C=C\C/C=C\C/C=C\C/C=C\C/C=C\C/C=C\CCC(=O)OCC(COCCCCCCCCCC/C=C\C/C=C\CCCCC)OC(=O)CCCCCCCCC/C=C\CCCCCCCC. The summed E-state index contributed by atoms with van der Waals surface area (Å²) < 4.78 is 17.4. The Morgan fingerprint density at radius 2 is 0.671 bits per heavy atom. The van der Waals surface area contributed by atoms with Gasteiger partial charge >= 0.3 is 11.9 Å². The molecular weight excluding hydrogens is 861 g/mol. The molecule has 0 spiro atoms. The Balaban J connectivity index is 4.42. The summed E-state index contributed by atoms with van der Waals surface area (Å²) in [4.78, 5) is 25.5. The van der Waals surface area contributed by atoms with Crippen LogP contribution in [-0.4, -0.2) is 37.9 Å². The summed E-state index contributed by atoms with van der Waals surface area (Å²) in [5.74, 6) is -0.501. The first kappa shape index (κ1) is 66.6. The predicted molar refractivity (Wildman–Crippen MR) is 306 cm³/mol. The van der Waals surface area contributed by atoms with E-state index >= 15 is 0 Å². The normalized spacial score (nSPS) is 13.0. The molecule has 0 aliphatic rings. The molecule has 0 aromatic heterocycles. The maximum absolute atomic E-state index is 12.9. The number of carbonyl (C=O) groups is 2. The van der Waals surface area contributed by atoms with E-state index < -0.39 is 6.10 Å². The monoisotopic (exact) mass is 971 g/mol. The minimum absolute atomic E-state index is 0.0362. The van der Waals surface area contributed by atoms with Crippen LogP contribution in [0, 0.1) is 0 Å². The van der Waals surface area contributed by atoms with Crippen molar-refractivity contribution in [1.29, 1.82) is 0 Å². The zero-order valence-electron chi connectivity index (χ0n) is 46.0. The topological polar surface area (TPSA) is 61.8 Å². The van der Waals surface area contributed by atoms with Crippen LogP contribution < -0.4 is 0 Å². The molecule has 0 amide bonds. The Bertz CT molecular complexity index is 1380. The fourth-order valence-corrected chi connectivity index (χ4v) is 7.91. The molecule has 1 unspecified atom stereocenters. The van der Waals surface area contributed by atoms with Gasteiger partial charge in [0, 0.05) is 19.4 Å². The molecule has 0 heterocycles. The van der Waals surface area contributed by atoms with E-state index in [-0.39, 0.29) is 25.2 Å². The zero-order valence-corrected chi connectivity index (χ0v) is 46.0. The van der Waals surface area contributed by atoms with Crippen LogP contribution in [0.15, 0.2) is 109 Å². The lowest BCUT2D eigenvalue weighted by atomic mass is 10.1. The van der Waals surface area contributed by atoms with Crippen molar-refractivity contribution < 1.29 is 23.8 Å². The largest absolute Gasteiger partial charge is 0.462 e. The Kier molecular flexibility index (Phi) is 56.9. The second kappa shape index (κ2) is 59.9. The van der Waals surface area contributed by atoms with Crippen molar-refractivity contribution in [3.8, 4) is 0 Å². The molecule has 0 radical (unpaired) electrons. The number of unbranched alkanes of at least 4 members (excludes halogenated alkanes) is 24. The number of carbonyl (C=O) groups excluding carboxylic acids is 2. The lowest BCUT2D eigenvalue weighted by molar-refractivity contribution is -0.162. The highest BCUT2D eigenvalue weighted by molar-refractivity contribution is 5.70. The first-order valence-corrected chi connectivity index (χ1v) is 29.4. The molecule has 1 atom stereocenters. The first-order valence-electron chi connectivity index (χ1n) is 29.4. The number of hydrogen-bond donors (Lipinski definition) is 0. The van der Waals surface area contributed by atoms with Crippen molar-refractivity contribution >= 4 is 11.9 Å². The highest BCUT2D eigenvalue weighted by atomic mass is 16.6. The van der Waals surface area contributed by atoms with Gasteiger partial charge < -0.3 is 14.2 Å². The molecule has 70 heavy (non-hydrogen) atoms. The second-order valence-corrected chi connectivity index (χ2v) is 19.2. The number of allylic oxidation sites excluding steroid dienone is 18. The summed E-state index contributed by atoms with van der Waals surface area (Å²) in [5, 5.41) is 0. The van der Waals surface area contributed by atoms with Crippen molar-refractivity contribution in [2.45, 2.75) is 271 Å². The van der Waals surface area contributed by atoms with E-state index in [0.717, 1.165) is 77.0 Å². The van der Waals surface area contributed by atoms with Crippen LogP contribution in [0.25, 0.3) is 0 Å². The van der Waals surface area contributed by atoms with Gasteiger partial charge in [-0.05, 0) is 116 Å². The van der Waals surface area contributed by atoms with E-state index in [0.29, 0.717) is 25.9 Å². The Morgan fingerprint density at radius 3 is 1.13 bits per heavy atom. The van der Waals surface area contributed by atoms with Gasteiger partial charge in [-0.2, -0.15) is 0 Å². The fourth-order valence-electron chi connectivity index (χ4n) is 7.91. The lowest BCUT2D eigenvalue weighted by Crippen LogP contribution is -2.30. The molecule has 0 aromatic rings. The number of hydrogen-bond acceptors (Lipinski definition) is 5. The van der Waals surface area contributed by atoms with Gasteiger partial charge in [0.15, 0.2) is 6.10 Å². The Morgan fingerprint density at radius 1 is 0.329 bits per heavy atom. The molecule has 0 fully saturated rings. The van der Waals surface area contributed by atoms with Gasteiger partial charge in [0.1, 0.15) is 6.61 Å². The number of ether oxygens (including phenoxy) is 3. The molecule has 0 saturated carbocycles. The van der Waals surface area contributed by atoms with E-state index in [4.69, 9.17) is 14.2 Å². The van der Waals surface area contributed by atoms with Crippen molar-refractivity contribution in [1.82, 2.24) is 0 Å². The third-order valence-electron chi connectivity index (χ3n) is 12.3. The second-order valence-electron chi connectivity index (χ2n) is 19.2. The average Bonchev–Trinajstić information content (AvgIpc) is 3.36. The molecular formula is C65H110O5. The molecule has 0 rings (SSSR count). The fraction of sp³-hybridized carbons (Fsp3) is 0.692. The molecule has 0 bridgehead atoms. The van der Waals surface area contributed by atoms with Crippen molar-refractivity contribution in [3.63, 3.8) is 0 Å². The number of esters is 2. The molecule has 400 valence electrons. The van der Waals surface area contributed by atoms with Gasteiger partial charge in [-0.25, -0.2) is 0 Å². The van der Waals surface area contributed by atoms with Crippen LogP contribution in [0.2, 0.25) is 0 Å². The summed E-state index contributed by atoms with van der Waals surface area (Å²) in [6, 6.07) is 0. The van der Waals surface area contributed by atoms with Gasteiger partial charge in [-0.1, -0.05) is 246 Å². The molecule has 0 N–H and O–H groups in total. The van der Waals surface area contributed by atoms with Gasteiger partial charge in [0.25, 0.3) is 0 Å². The molecule has 0 aliphatic carbocycles. The standard InChI is InChI=1S/C65H110O5/c1-4-7-10-13-16-19-22-25-28-31-33-35-37-40-43-46-49-52-55-58-64(66)69-62-63(61-68-60-57-54-51-48-45-42-39-36-32-29-26-23-20-17-14-11-8-5-2)70-65(67)59-56-53-50-47-44-41-38-34-30-27-24-21-18-15-12-9-6-3/h7,10,16-17,19-20,25-30,33,35,40,43,49,52,63H,4-6,8-9,11-15,18,21-24,31-32,34,36-39,41-42,44-48,50-51,53-62H2,1-3H3/b10-7-,19-16-,20-17-,28-25-,29-26-,30-27-,35-33-,43-40-,52-49-. The number of rotatable bonds is 53. The lowest BCUT2D eigenvalue weighted by Gasteiger charge is -2.18. The molecule has 5 nitrogen and oxygen atoms in total. The third kappa shape index (κ3) is 57.1. The van der Waals surface area contributed by atoms with Gasteiger partial charge in [0.2, 0.25) is 0 Å². The van der Waals surface area contributed by atoms with Crippen LogP contribution in [0.1, 0.15) is 265 Å². The highest BCUT2D eigenvalue weighted by Crippen LogP contribution is 2.14. The van der Waals surface area contributed by atoms with Crippen molar-refractivity contribution in [2.24, 2.45) is 0 Å². The molecule has 0 aliphatic heterocycles. The van der Waals surface area contributed by atoms with Gasteiger partial charge in [0.05, 0.1) is 6.61 Å². The summed E-state index contributed by atoms with van der Waals surface area (Å²) in [7, 11) is 0. The van der Waals surface area contributed by atoms with Crippen LogP contribution in [0.5, 0.6) is 0 Å². The van der Waals surface area contributed by atoms with Crippen LogP contribution in [-0.2, 0) is 23.8 Å². The first-order chi connectivity index (χ1) is 34.6. The Hall–Kier alpha value is -3.44. The van der Waals surface area contributed by atoms with E-state index in [2.05, 4.69) is 124 Å². The average molecular weight is 972 g/mol. The van der Waals surface area contributed by atoms with Crippen LogP contribution in [0.4, 0.5) is 0 Å². The van der Waals surface area contributed by atoms with E-state index in [1.807, 2.05) is 6.08 Å². The quantitative estimate of drug-likeness (QED) is 0.0345. The van der Waals surface area contributed by atoms with E-state index in [1.165, 1.54) is 148 Å². The zero-order chi connectivity index (χ0) is 50.6. The maximum Gasteiger partial charge on any atom is 0.306 e. The minimum atomic E-state index is -0.580. The van der Waals surface area contributed by atoms with Gasteiger partial charge in [-0.15, -0.1) is 0 Å². The van der Waals surface area contributed by atoms with Crippen LogP contribution >= 0.6 is 0 Å². The predicted octanol–water partition coefficient (Wildman–Crippen LogP) is 20.3. The smallest absolute Gasteiger partial charge is 0.306 e. The molecule has 0 aromatic carbocycles. The van der Waals surface area contributed by atoms with E-state index in [1.54, 1.807) is 0 Å². The van der Waals surface area contributed by atoms with Crippen LogP contribution in [0.3, 0.4) is 0 Å². The highest BCUT2D eigenvalue weighted by Gasteiger charge is 2.17. The molecule has 0 saturated heterocycles. The summed E-state index contributed by atoms with van der Waals surface area (Å²) >= 11 is 0. The minimum Gasteiger partial charge on any atom is -0.462 e. The van der Waals surface area contributed by atoms with Gasteiger partial charge in [-0.3, -0.25) is 9.59 Å². The third-order valence-corrected chi connectivity index (χ3v) is 12.3. The Labute approximate surface area is 434 Å². The summed E-state index contributed by atoms with van der Waals surface area (Å²) in [6.07, 6.45) is 82.6. The van der Waals surface area contributed by atoms with E-state index in [9.17, 15) is 9.59 Å². The molecule has 5 heteroatoms. The van der Waals surface area contributed by atoms with Crippen molar-refractivity contribution in [2.75, 3.05) is 19.8 Å².